The normalized spacial score (nSPS) is 46.2. The number of ether oxygens (including phenoxy) is 1. The van der Waals surface area contributed by atoms with Crippen molar-refractivity contribution in [1.82, 2.24) is 4.90 Å². The Bertz CT molecular complexity index is 915. The molecule has 5 rings (SSSR count). The summed E-state index contributed by atoms with van der Waals surface area (Å²) < 4.78 is 6.17. The molecule has 1 aliphatic heterocycles. The SMILES string of the molecule is C[C@]12CCC(O)(OCCN3CCCC3)CC1CC[C@@H]1[C@H]2CC[C@]2(C)C(C=CC=NN=C(N)N)CC[C@@]12O. The maximum Gasteiger partial charge on any atom is 0.211 e. The molecule has 3 unspecified atom stereocenters. The quantitative estimate of drug-likeness (QED) is 0.178. The van der Waals surface area contributed by atoms with E-state index in [0.717, 1.165) is 71.0 Å². The lowest BCUT2D eigenvalue weighted by Crippen LogP contribution is -2.63. The summed E-state index contributed by atoms with van der Waals surface area (Å²) in [6.45, 7) is 8.63. The standard InChI is InChI=1S/C29H49N5O3/c1-26-13-14-28(35,37-19-18-34-16-3-4-17-34)20-22(26)7-8-24-23(26)10-11-27(2)21(9-12-29(24,27)36)6-5-15-32-33-25(30)31/h5-6,15,21-24,35-36H,3-4,7-14,16-20H2,1-2H3,(H4,30,31,33)/t21?,22?,23-,24-,26+,27-,28?,29-/m1/s1. The first-order chi connectivity index (χ1) is 17.6. The summed E-state index contributed by atoms with van der Waals surface area (Å²) in [4.78, 5) is 2.45. The van der Waals surface area contributed by atoms with Gasteiger partial charge in [0, 0.05) is 31.0 Å². The number of hydrogen-bond acceptors (Lipinski definition) is 6. The lowest BCUT2D eigenvalue weighted by molar-refractivity contribution is -0.270. The second kappa shape index (κ2) is 10.2. The fourth-order valence-electron chi connectivity index (χ4n) is 9.35. The lowest BCUT2D eigenvalue weighted by atomic mass is 9.43. The summed E-state index contributed by atoms with van der Waals surface area (Å²) >= 11 is 0. The fourth-order valence-corrected chi connectivity index (χ4v) is 9.35. The number of fused-ring (bicyclic) bond motifs is 5. The molecular weight excluding hydrogens is 466 g/mol. The third kappa shape index (κ3) is 4.88. The van der Waals surface area contributed by atoms with Crippen LogP contribution in [-0.4, -0.2) is 64.9 Å². The summed E-state index contributed by atoms with van der Waals surface area (Å²) in [5.41, 5.74) is 10.1. The Morgan fingerprint density at radius 2 is 1.78 bits per heavy atom. The molecule has 0 aromatic heterocycles. The van der Waals surface area contributed by atoms with Crippen LogP contribution in [0.4, 0.5) is 0 Å². The van der Waals surface area contributed by atoms with Crippen LogP contribution in [0, 0.1) is 34.5 Å². The van der Waals surface area contributed by atoms with Crippen LogP contribution in [0.3, 0.4) is 0 Å². The van der Waals surface area contributed by atoms with Crippen molar-refractivity contribution >= 4 is 12.2 Å². The van der Waals surface area contributed by atoms with Crippen molar-refractivity contribution in [2.45, 2.75) is 95.9 Å². The summed E-state index contributed by atoms with van der Waals surface area (Å²) in [5, 5.41) is 31.3. The predicted octanol–water partition coefficient (Wildman–Crippen LogP) is 3.38. The van der Waals surface area contributed by atoms with Gasteiger partial charge in [-0.15, -0.1) is 5.10 Å². The highest BCUT2D eigenvalue weighted by Gasteiger charge is 2.67. The predicted molar refractivity (Wildman–Crippen MR) is 147 cm³/mol. The van der Waals surface area contributed by atoms with Crippen molar-refractivity contribution in [1.29, 1.82) is 0 Å². The van der Waals surface area contributed by atoms with E-state index in [1.165, 1.54) is 12.8 Å². The second-order valence-corrected chi connectivity index (χ2v) is 13.2. The van der Waals surface area contributed by atoms with Crippen molar-refractivity contribution in [3.63, 3.8) is 0 Å². The highest BCUT2D eigenvalue weighted by Crippen LogP contribution is 2.69. The van der Waals surface area contributed by atoms with E-state index in [-0.39, 0.29) is 16.8 Å². The number of nitrogens with zero attached hydrogens (tertiary/aromatic N) is 3. The smallest absolute Gasteiger partial charge is 0.211 e. The summed E-state index contributed by atoms with van der Waals surface area (Å²) in [5.74, 6) is 0.559. The molecule has 37 heavy (non-hydrogen) atoms. The van der Waals surface area contributed by atoms with Crippen LogP contribution < -0.4 is 11.5 Å². The molecule has 1 heterocycles. The minimum atomic E-state index is -0.986. The maximum absolute atomic E-state index is 12.3. The molecule has 6 N–H and O–H groups in total. The van der Waals surface area contributed by atoms with Crippen LogP contribution in [0.5, 0.6) is 0 Å². The van der Waals surface area contributed by atoms with E-state index in [9.17, 15) is 10.2 Å². The van der Waals surface area contributed by atoms with Gasteiger partial charge in [0.25, 0.3) is 0 Å². The Kier molecular flexibility index (Phi) is 7.51. The zero-order valence-corrected chi connectivity index (χ0v) is 22.9. The maximum atomic E-state index is 12.3. The van der Waals surface area contributed by atoms with Crippen LogP contribution in [0.25, 0.3) is 0 Å². The molecule has 0 amide bonds. The van der Waals surface area contributed by atoms with Crippen molar-refractivity contribution in [2.24, 2.45) is 56.2 Å². The number of hydrogen-bond donors (Lipinski definition) is 4. The van der Waals surface area contributed by atoms with Crippen LogP contribution in [0.2, 0.25) is 0 Å². The number of aliphatic hydroxyl groups is 2. The largest absolute Gasteiger partial charge is 0.389 e. The molecule has 4 aliphatic carbocycles. The zero-order valence-electron chi connectivity index (χ0n) is 22.9. The third-order valence-electron chi connectivity index (χ3n) is 11.6. The molecule has 0 bridgehead atoms. The average molecular weight is 516 g/mol. The van der Waals surface area contributed by atoms with E-state index in [1.54, 1.807) is 6.21 Å². The van der Waals surface area contributed by atoms with Gasteiger partial charge in [-0.2, -0.15) is 5.10 Å². The van der Waals surface area contributed by atoms with E-state index in [1.807, 2.05) is 6.08 Å². The Balaban J connectivity index is 1.24. The Morgan fingerprint density at radius 3 is 2.54 bits per heavy atom. The third-order valence-corrected chi connectivity index (χ3v) is 11.6. The van der Waals surface area contributed by atoms with Gasteiger partial charge in [0.15, 0.2) is 5.79 Å². The minimum Gasteiger partial charge on any atom is -0.389 e. The molecule has 0 radical (unpaired) electrons. The van der Waals surface area contributed by atoms with Crippen molar-refractivity contribution < 1.29 is 14.9 Å². The van der Waals surface area contributed by atoms with Crippen LogP contribution in [0.1, 0.15) is 84.5 Å². The molecule has 8 atom stereocenters. The van der Waals surface area contributed by atoms with Gasteiger partial charge in [-0.3, -0.25) is 0 Å². The molecule has 1 saturated heterocycles. The van der Waals surface area contributed by atoms with Crippen molar-refractivity contribution in [3.05, 3.63) is 12.2 Å². The highest BCUT2D eigenvalue weighted by atomic mass is 16.6. The summed E-state index contributed by atoms with van der Waals surface area (Å²) in [6, 6.07) is 0. The van der Waals surface area contributed by atoms with E-state index in [0.29, 0.717) is 36.7 Å². The Labute approximate surface area is 222 Å². The molecule has 0 aromatic carbocycles. The Hall–Kier alpha value is -1.48. The van der Waals surface area contributed by atoms with Gasteiger partial charge in [-0.1, -0.05) is 19.9 Å². The molecule has 5 fully saturated rings. The van der Waals surface area contributed by atoms with Crippen molar-refractivity contribution in [3.8, 4) is 0 Å². The van der Waals surface area contributed by atoms with Crippen LogP contribution >= 0.6 is 0 Å². The Morgan fingerprint density at radius 1 is 1.00 bits per heavy atom. The van der Waals surface area contributed by atoms with E-state index in [4.69, 9.17) is 16.2 Å². The molecule has 8 nitrogen and oxygen atoms in total. The number of nitrogens with two attached hydrogens (primary N) is 2. The van der Waals surface area contributed by atoms with Gasteiger partial charge in [-0.05, 0) is 106 Å². The zero-order chi connectivity index (χ0) is 26.3. The molecule has 208 valence electrons. The monoisotopic (exact) mass is 515 g/mol. The van der Waals surface area contributed by atoms with Gasteiger partial charge < -0.3 is 31.3 Å². The molecule has 0 spiro atoms. The summed E-state index contributed by atoms with van der Waals surface area (Å²) in [6.07, 6.45) is 16.9. The van der Waals surface area contributed by atoms with Crippen LogP contribution in [-0.2, 0) is 4.74 Å². The number of allylic oxidation sites excluding steroid dienone is 2. The lowest BCUT2D eigenvalue weighted by Gasteiger charge is -2.64. The minimum absolute atomic E-state index is 0.0518. The average Bonchev–Trinajstić information content (AvgIpc) is 3.46. The van der Waals surface area contributed by atoms with E-state index >= 15 is 0 Å². The number of guanidine groups is 1. The van der Waals surface area contributed by atoms with Gasteiger partial charge in [0.2, 0.25) is 5.96 Å². The van der Waals surface area contributed by atoms with Gasteiger partial charge >= 0.3 is 0 Å². The first kappa shape index (κ1) is 27.1. The number of likely N-dealkylation sites (tertiary alicyclic amines) is 1. The molecule has 4 saturated carbocycles. The van der Waals surface area contributed by atoms with Gasteiger partial charge in [0.05, 0.1) is 12.2 Å². The second-order valence-electron chi connectivity index (χ2n) is 13.2. The first-order valence-corrected chi connectivity index (χ1v) is 14.7. The van der Waals surface area contributed by atoms with Gasteiger partial charge in [0.1, 0.15) is 0 Å². The molecular formula is C29H49N5O3. The van der Waals surface area contributed by atoms with Crippen molar-refractivity contribution in [2.75, 3.05) is 26.2 Å². The first-order valence-electron chi connectivity index (χ1n) is 14.7. The van der Waals surface area contributed by atoms with E-state index in [2.05, 4.69) is 35.0 Å². The fraction of sp³-hybridized carbons (Fsp3) is 0.862. The molecule has 0 aromatic rings. The molecule has 8 heteroatoms. The molecule has 5 aliphatic rings. The van der Waals surface area contributed by atoms with Gasteiger partial charge in [-0.25, -0.2) is 0 Å². The summed E-state index contributed by atoms with van der Waals surface area (Å²) in [7, 11) is 0. The topological polar surface area (TPSA) is 130 Å². The van der Waals surface area contributed by atoms with E-state index < -0.39 is 11.4 Å². The highest BCUT2D eigenvalue weighted by molar-refractivity contribution is 5.77. The van der Waals surface area contributed by atoms with Crippen LogP contribution in [0.15, 0.2) is 22.4 Å². The number of rotatable bonds is 7.